The second-order valence-electron chi connectivity index (χ2n) is 5.56. The van der Waals surface area contributed by atoms with Crippen LogP contribution >= 0.6 is 0 Å². The highest BCUT2D eigenvalue weighted by Crippen LogP contribution is 2.35. The zero-order chi connectivity index (χ0) is 13.1. The van der Waals surface area contributed by atoms with E-state index in [2.05, 4.69) is 24.3 Å². The number of hydrogen-bond acceptors (Lipinski definition) is 4. The van der Waals surface area contributed by atoms with Gasteiger partial charge in [-0.2, -0.15) is 0 Å². The molecule has 4 nitrogen and oxygen atoms in total. The molecule has 0 aromatic rings. The lowest BCUT2D eigenvalue weighted by molar-refractivity contribution is 0.0608. The summed E-state index contributed by atoms with van der Waals surface area (Å²) in [6.07, 6.45) is 3.71. The molecule has 0 spiro atoms. The summed E-state index contributed by atoms with van der Waals surface area (Å²) in [7, 11) is 1.30. The Bertz CT molecular complexity index is 332. The van der Waals surface area contributed by atoms with Gasteiger partial charge >= 0.3 is 0 Å². The molecule has 1 rings (SSSR count). The van der Waals surface area contributed by atoms with Crippen LogP contribution in [0, 0.1) is 0 Å². The van der Waals surface area contributed by atoms with Crippen molar-refractivity contribution in [2.75, 3.05) is 32.9 Å². The van der Waals surface area contributed by atoms with E-state index >= 15 is 0 Å². The van der Waals surface area contributed by atoms with Crippen molar-refractivity contribution in [2.24, 2.45) is 0 Å². The van der Waals surface area contributed by atoms with Crippen molar-refractivity contribution < 1.29 is 8.42 Å². The Morgan fingerprint density at radius 2 is 1.88 bits per heavy atom. The summed E-state index contributed by atoms with van der Waals surface area (Å²) in [5.74, 6) is 0.244. The Balaban J connectivity index is 2.29. The van der Waals surface area contributed by atoms with Crippen LogP contribution < -0.4 is 5.32 Å². The number of rotatable bonds is 7. The van der Waals surface area contributed by atoms with E-state index in [0.29, 0.717) is 6.54 Å². The van der Waals surface area contributed by atoms with E-state index in [1.54, 1.807) is 13.8 Å². The molecular weight excluding hydrogens is 236 g/mol. The molecule has 1 saturated carbocycles. The summed E-state index contributed by atoms with van der Waals surface area (Å²) in [6, 6.07) is 0. The Morgan fingerprint density at radius 3 is 2.24 bits per heavy atom. The monoisotopic (exact) mass is 262 g/mol. The SMILES string of the molecule is CC(C)S(=O)(=O)CCNCC1(N(C)C)CCC1. The lowest BCUT2D eigenvalue weighted by Gasteiger charge is -2.47. The molecule has 1 aliphatic carbocycles. The zero-order valence-electron chi connectivity index (χ0n) is 11.5. The van der Waals surface area contributed by atoms with E-state index < -0.39 is 9.84 Å². The lowest BCUT2D eigenvalue weighted by atomic mass is 9.75. The molecule has 102 valence electrons. The lowest BCUT2D eigenvalue weighted by Crippen LogP contribution is -2.56. The summed E-state index contributed by atoms with van der Waals surface area (Å²) in [5, 5.41) is 3.03. The molecule has 1 fully saturated rings. The van der Waals surface area contributed by atoms with Gasteiger partial charge in [-0.3, -0.25) is 0 Å². The van der Waals surface area contributed by atoms with Crippen molar-refractivity contribution in [2.45, 2.75) is 43.9 Å². The van der Waals surface area contributed by atoms with Crippen LogP contribution in [0.2, 0.25) is 0 Å². The summed E-state index contributed by atoms with van der Waals surface area (Å²) in [5.41, 5.74) is 0.265. The molecule has 5 heteroatoms. The topological polar surface area (TPSA) is 49.4 Å². The van der Waals surface area contributed by atoms with Crippen molar-refractivity contribution in [3.8, 4) is 0 Å². The fraction of sp³-hybridized carbons (Fsp3) is 1.00. The second kappa shape index (κ2) is 5.67. The molecule has 0 bridgehead atoms. The average Bonchev–Trinajstić information content (AvgIpc) is 2.14. The van der Waals surface area contributed by atoms with Crippen LogP contribution in [-0.4, -0.2) is 57.0 Å². The number of nitrogens with one attached hydrogen (secondary N) is 1. The van der Waals surface area contributed by atoms with Crippen molar-refractivity contribution in [3.05, 3.63) is 0 Å². The maximum absolute atomic E-state index is 11.6. The molecule has 0 aromatic carbocycles. The molecule has 0 aromatic heterocycles. The molecule has 0 radical (unpaired) electrons. The number of nitrogens with zero attached hydrogens (tertiary/aromatic N) is 1. The Labute approximate surface area is 106 Å². The predicted molar refractivity (Wildman–Crippen MR) is 72.1 cm³/mol. The minimum absolute atomic E-state index is 0.244. The maximum atomic E-state index is 11.6. The first-order chi connectivity index (χ1) is 7.80. The Kier molecular flexibility index (Phi) is 4.98. The van der Waals surface area contributed by atoms with E-state index in [1.807, 2.05) is 0 Å². The van der Waals surface area contributed by atoms with Gasteiger partial charge in [-0.15, -0.1) is 0 Å². The van der Waals surface area contributed by atoms with Gasteiger partial charge < -0.3 is 10.2 Å². The summed E-state index contributed by atoms with van der Waals surface area (Å²) in [4.78, 5) is 2.26. The first-order valence-electron chi connectivity index (χ1n) is 6.40. The van der Waals surface area contributed by atoms with E-state index in [-0.39, 0.29) is 16.5 Å². The average molecular weight is 262 g/mol. The first kappa shape index (κ1) is 14.9. The highest BCUT2D eigenvalue weighted by Gasteiger charge is 2.38. The largest absolute Gasteiger partial charge is 0.314 e. The quantitative estimate of drug-likeness (QED) is 0.692. The predicted octanol–water partition coefficient (Wildman–Crippen LogP) is 0.884. The van der Waals surface area contributed by atoms with Gasteiger partial charge in [0.15, 0.2) is 9.84 Å². The minimum Gasteiger partial charge on any atom is -0.314 e. The molecule has 1 N–H and O–H groups in total. The molecule has 0 unspecified atom stereocenters. The highest BCUT2D eigenvalue weighted by molar-refractivity contribution is 7.92. The van der Waals surface area contributed by atoms with Crippen LogP contribution in [-0.2, 0) is 9.84 Å². The fourth-order valence-corrected chi connectivity index (χ4v) is 3.04. The van der Waals surface area contributed by atoms with E-state index in [9.17, 15) is 8.42 Å². The summed E-state index contributed by atoms with van der Waals surface area (Å²) >= 11 is 0. The van der Waals surface area contributed by atoms with Crippen molar-refractivity contribution in [1.82, 2.24) is 10.2 Å². The van der Waals surface area contributed by atoms with Gasteiger partial charge in [-0.1, -0.05) is 0 Å². The molecule has 0 aliphatic heterocycles. The first-order valence-corrected chi connectivity index (χ1v) is 8.11. The van der Waals surface area contributed by atoms with Gasteiger partial charge in [-0.05, 0) is 47.2 Å². The van der Waals surface area contributed by atoms with Gasteiger partial charge in [0.1, 0.15) is 0 Å². The number of likely N-dealkylation sites (N-methyl/N-ethyl adjacent to an activating group) is 1. The van der Waals surface area contributed by atoms with Crippen molar-refractivity contribution in [3.63, 3.8) is 0 Å². The van der Waals surface area contributed by atoms with Gasteiger partial charge in [0.2, 0.25) is 0 Å². The van der Waals surface area contributed by atoms with E-state index in [0.717, 1.165) is 6.54 Å². The van der Waals surface area contributed by atoms with Gasteiger partial charge in [0, 0.05) is 18.6 Å². The van der Waals surface area contributed by atoms with Crippen LogP contribution in [0.1, 0.15) is 33.1 Å². The normalized spacial score (nSPS) is 19.6. The Hall–Kier alpha value is -0.130. The molecule has 0 saturated heterocycles. The van der Waals surface area contributed by atoms with Crippen molar-refractivity contribution in [1.29, 1.82) is 0 Å². The summed E-state index contributed by atoms with van der Waals surface area (Å²) in [6.45, 7) is 4.94. The van der Waals surface area contributed by atoms with Gasteiger partial charge in [0.25, 0.3) is 0 Å². The minimum atomic E-state index is -2.90. The van der Waals surface area contributed by atoms with Crippen LogP contribution in [0.25, 0.3) is 0 Å². The standard InChI is InChI=1S/C12H26N2O2S/c1-11(2)17(15,16)9-8-13-10-12(14(3)4)6-5-7-12/h11,13H,5-10H2,1-4H3. The molecule has 17 heavy (non-hydrogen) atoms. The third-order valence-electron chi connectivity index (χ3n) is 3.97. The molecule has 0 amide bonds. The van der Waals surface area contributed by atoms with E-state index in [1.165, 1.54) is 19.3 Å². The van der Waals surface area contributed by atoms with Gasteiger partial charge in [0.05, 0.1) is 11.0 Å². The van der Waals surface area contributed by atoms with Crippen LogP contribution in [0.15, 0.2) is 0 Å². The van der Waals surface area contributed by atoms with Crippen LogP contribution in [0.5, 0.6) is 0 Å². The zero-order valence-corrected chi connectivity index (χ0v) is 12.3. The summed E-state index contributed by atoms with van der Waals surface area (Å²) < 4.78 is 23.2. The van der Waals surface area contributed by atoms with Crippen LogP contribution in [0.3, 0.4) is 0 Å². The maximum Gasteiger partial charge on any atom is 0.153 e. The third-order valence-corrected chi connectivity index (χ3v) is 6.18. The fourth-order valence-electron chi connectivity index (χ4n) is 2.14. The molecule has 1 aliphatic rings. The highest BCUT2D eigenvalue weighted by atomic mass is 32.2. The Morgan fingerprint density at radius 1 is 1.29 bits per heavy atom. The van der Waals surface area contributed by atoms with Gasteiger partial charge in [-0.25, -0.2) is 8.42 Å². The molecule has 0 heterocycles. The number of hydrogen-bond donors (Lipinski definition) is 1. The smallest absolute Gasteiger partial charge is 0.153 e. The molecular formula is C12H26N2O2S. The van der Waals surface area contributed by atoms with Crippen molar-refractivity contribution >= 4 is 9.84 Å². The number of sulfone groups is 1. The molecule has 0 atom stereocenters. The second-order valence-corrected chi connectivity index (χ2v) is 8.24. The third kappa shape index (κ3) is 3.66. The van der Waals surface area contributed by atoms with Crippen LogP contribution in [0.4, 0.5) is 0 Å². The van der Waals surface area contributed by atoms with E-state index in [4.69, 9.17) is 0 Å².